The molecule has 0 aromatic heterocycles. The lowest BCUT2D eigenvalue weighted by atomic mass is 10.1. The van der Waals surface area contributed by atoms with Crippen LogP contribution in [0.3, 0.4) is 0 Å². The topological polar surface area (TPSA) is 72.7 Å². The van der Waals surface area contributed by atoms with Gasteiger partial charge in [-0.3, -0.25) is 4.90 Å². The highest BCUT2D eigenvalue weighted by atomic mass is 16.5. The van der Waals surface area contributed by atoms with Crippen LogP contribution in [0.4, 0.5) is 0 Å². The molecule has 6 heteroatoms. The van der Waals surface area contributed by atoms with E-state index in [1.807, 2.05) is 24.3 Å². The molecule has 1 aliphatic rings. The number of aliphatic imine (C=N–C) groups is 1. The fraction of sp³-hybridized carbons (Fsp3) is 0.391. The Bertz CT molecular complexity index is 852. The van der Waals surface area contributed by atoms with E-state index in [-0.39, 0.29) is 0 Å². The summed E-state index contributed by atoms with van der Waals surface area (Å²) in [4.78, 5) is 7.11. The van der Waals surface area contributed by atoms with E-state index < -0.39 is 0 Å². The molecule has 0 saturated carbocycles. The van der Waals surface area contributed by atoms with Gasteiger partial charge in [-0.1, -0.05) is 36.4 Å². The average molecular weight is 392 g/mol. The number of morpholine rings is 1. The second-order valence-electron chi connectivity index (χ2n) is 7.02. The van der Waals surface area contributed by atoms with Crippen molar-refractivity contribution in [1.82, 2.24) is 15.5 Å². The largest absolute Gasteiger partial charge is 0.379 e. The van der Waals surface area contributed by atoms with Crippen molar-refractivity contribution in [2.45, 2.75) is 26.6 Å². The van der Waals surface area contributed by atoms with Crippen molar-refractivity contribution in [3.8, 4) is 6.07 Å². The number of guanidine groups is 1. The maximum Gasteiger partial charge on any atom is 0.191 e. The molecule has 0 spiro atoms. The zero-order valence-corrected chi connectivity index (χ0v) is 17.0. The van der Waals surface area contributed by atoms with Crippen molar-refractivity contribution in [3.05, 3.63) is 70.8 Å². The number of nitriles is 1. The number of ether oxygens (including phenoxy) is 1. The lowest BCUT2D eigenvalue weighted by molar-refractivity contribution is 0.0341. The summed E-state index contributed by atoms with van der Waals surface area (Å²) in [6.45, 7) is 8.61. The minimum atomic E-state index is 0.528. The Morgan fingerprint density at radius 2 is 1.90 bits per heavy atom. The Morgan fingerprint density at radius 1 is 1.10 bits per heavy atom. The van der Waals surface area contributed by atoms with Crippen molar-refractivity contribution in [3.63, 3.8) is 0 Å². The molecule has 2 aromatic carbocycles. The molecule has 0 aliphatic carbocycles. The van der Waals surface area contributed by atoms with Gasteiger partial charge in [0.2, 0.25) is 0 Å². The van der Waals surface area contributed by atoms with Gasteiger partial charge in [0.05, 0.1) is 31.4 Å². The molecule has 6 nitrogen and oxygen atoms in total. The smallest absolute Gasteiger partial charge is 0.191 e. The van der Waals surface area contributed by atoms with Gasteiger partial charge < -0.3 is 15.4 Å². The Hall–Kier alpha value is -2.88. The monoisotopic (exact) mass is 391 g/mol. The zero-order valence-electron chi connectivity index (χ0n) is 17.0. The lowest BCUT2D eigenvalue weighted by Crippen LogP contribution is -2.38. The Balaban J connectivity index is 1.63. The first-order valence-corrected chi connectivity index (χ1v) is 10.2. The fourth-order valence-electron chi connectivity index (χ4n) is 3.31. The highest BCUT2D eigenvalue weighted by molar-refractivity contribution is 5.79. The Kier molecular flexibility index (Phi) is 8.05. The molecule has 1 fully saturated rings. The quantitative estimate of drug-likeness (QED) is 0.561. The van der Waals surface area contributed by atoms with E-state index in [4.69, 9.17) is 10.00 Å². The van der Waals surface area contributed by atoms with Gasteiger partial charge in [-0.15, -0.1) is 0 Å². The molecule has 0 amide bonds. The predicted molar refractivity (Wildman–Crippen MR) is 115 cm³/mol. The maximum absolute atomic E-state index is 9.06. The molecule has 2 N–H and O–H groups in total. The van der Waals surface area contributed by atoms with Gasteiger partial charge in [0.1, 0.15) is 0 Å². The summed E-state index contributed by atoms with van der Waals surface area (Å²) in [7, 11) is 0. The lowest BCUT2D eigenvalue weighted by Gasteiger charge is -2.27. The fourth-order valence-corrected chi connectivity index (χ4v) is 3.31. The van der Waals surface area contributed by atoms with E-state index in [9.17, 15) is 0 Å². The minimum absolute atomic E-state index is 0.528. The molecular weight excluding hydrogens is 362 g/mol. The summed E-state index contributed by atoms with van der Waals surface area (Å²) in [5.74, 6) is 0.774. The Labute approximate surface area is 173 Å². The summed E-state index contributed by atoms with van der Waals surface area (Å²) in [6.07, 6.45) is 0. The van der Waals surface area contributed by atoms with E-state index in [2.05, 4.69) is 57.8 Å². The number of rotatable bonds is 7. The summed E-state index contributed by atoms with van der Waals surface area (Å²) in [5, 5.41) is 15.8. The first-order valence-electron chi connectivity index (χ1n) is 10.2. The van der Waals surface area contributed by atoms with Gasteiger partial charge in [0.15, 0.2) is 5.96 Å². The number of nitrogens with one attached hydrogen (secondary N) is 2. The normalized spacial score (nSPS) is 15.0. The molecule has 1 saturated heterocycles. The van der Waals surface area contributed by atoms with Crippen LogP contribution in [0.5, 0.6) is 0 Å². The van der Waals surface area contributed by atoms with Gasteiger partial charge in [-0.25, -0.2) is 4.99 Å². The first kappa shape index (κ1) is 20.8. The van der Waals surface area contributed by atoms with Crippen molar-refractivity contribution in [2.75, 3.05) is 32.8 Å². The van der Waals surface area contributed by atoms with Crippen LogP contribution >= 0.6 is 0 Å². The maximum atomic E-state index is 9.06. The van der Waals surface area contributed by atoms with Crippen LogP contribution in [0.1, 0.15) is 29.2 Å². The van der Waals surface area contributed by atoms with E-state index in [1.54, 1.807) is 0 Å². The molecule has 0 unspecified atom stereocenters. The van der Waals surface area contributed by atoms with Crippen LogP contribution in [0.15, 0.2) is 53.5 Å². The van der Waals surface area contributed by atoms with E-state index in [1.165, 1.54) is 11.1 Å². The van der Waals surface area contributed by atoms with Crippen molar-refractivity contribution in [2.24, 2.45) is 4.99 Å². The van der Waals surface area contributed by atoms with Crippen LogP contribution in [0.25, 0.3) is 0 Å². The molecule has 0 atom stereocenters. The third-order valence-corrected chi connectivity index (χ3v) is 4.88. The van der Waals surface area contributed by atoms with Crippen LogP contribution in [0.2, 0.25) is 0 Å². The van der Waals surface area contributed by atoms with E-state index >= 15 is 0 Å². The summed E-state index contributed by atoms with van der Waals surface area (Å²) in [5.41, 5.74) is 4.29. The minimum Gasteiger partial charge on any atom is -0.379 e. The predicted octanol–water partition coefficient (Wildman–Crippen LogP) is 2.65. The van der Waals surface area contributed by atoms with E-state index in [0.29, 0.717) is 18.7 Å². The Morgan fingerprint density at radius 3 is 2.66 bits per heavy atom. The van der Waals surface area contributed by atoms with Crippen LogP contribution < -0.4 is 10.6 Å². The van der Waals surface area contributed by atoms with Gasteiger partial charge >= 0.3 is 0 Å². The van der Waals surface area contributed by atoms with Crippen LogP contribution in [-0.2, 0) is 24.4 Å². The van der Waals surface area contributed by atoms with Crippen LogP contribution in [-0.4, -0.2) is 43.7 Å². The third kappa shape index (κ3) is 6.60. The second-order valence-corrected chi connectivity index (χ2v) is 7.02. The number of hydrogen-bond acceptors (Lipinski definition) is 4. The third-order valence-electron chi connectivity index (χ3n) is 4.88. The molecule has 1 heterocycles. The van der Waals surface area contributed by atoms with Crippen molar-refractivity contribution >= 4 is 5.96 Å². The molecule has 152 valence electrons. The number of hydrogen-bond donors (Lipinski definition) is 2. The van der Waals surface area contributed by atoms with E-state index in [0.717, 1.165) is 50.9 Å². The van der Waals surface area contributed by atoms with Crippen molar-refractivity contribution < 1.29 is 4.74 Å². The molecule has 3 rings (SSSR count). The SMILES string of the molecule is CCNC(=NCc1cccc(C#N)c1)NCc1ccccc1CN1CCOCC1. The van der Waals surface area contributed by atoms with Gasteiger partial charge in [-0.05, 0) is 35.7 Å². The highest BCUT2D eigenvalue weighted by Crippen LogP contribution is 2.13. The number of benzene rings is 2. The first-order chi connectivity index (χ1) is 14.3. The van der Waals surface area contributed by atoms with Gasteiger partial charge in [-0.2, -0.15) is 5.26 Å². The molecule has 0 bridgehead atoms. The summed E-state index contributed by atoms with van der Waals surface area (Å²) >= 11 is 0. The molecule has 2 aromatic rings. The van der Waals surface area contributed by atoms with Crippen LogP contribution in [0, 0.1) is 11.3 Å². The standard InChI is InChI=1S/C23H29N5O/c1-2-25-23(26-16-20-7-5-6-19(14-20)15-24)27-17-21-8-3-4-9-22(21)18-28-10-12-29-13-11-28/h3-9,14H,2,10-13,16-18H2,1H3,(H2,25,26,27). The summed E-state index contributed by atoms with van der Waals surface area (Å²) in [6, 6.07) is 18.3. The number of nitrogens with zero attached hydrogens (tertiary/aromatic N) is 3. The van der Waals surface area contributed by atoms with Gasteiger partial charge in [0, 0.05) is 32.7 Å². The highest BCUT2D eigenvalue weighted by Gasteiger charge is 2.12. The molecular formula is C23H29N5O. The second kappa shape index (κ2) is 11.2. The van der Waals surface area contributed by atoms with Crippen molar-refractivity contribution in [1.29, 1.82) is 5.26 Å². The molecule has 29 heavy (non-hydrogen) atoms. The molecule has 1 aliphatic heterocycles. The van der Waals surface area contributed by atoms with Gasteiger partial charge in [0.25, 0.3) is 0 Å². The zero-order chi connectivity index (χ0) is 20.3. The molecule has 0 radical (unpaired) electrons. The average Bonchev–Trinajstić information content (AvgIpc) is 2.77. The summed E-state index contributed by atoms with van der Waals surface area (Å²) < 4.78 is 5.46.